The minimum Gasteiger partial charge on any atom is -0.325 e. The molecule has 0 spiro atoms. The molecule has 3 N–H and O–H groups in total. The fraction of sp³-hybridized carbons (Fsp3) is 0.533. The summed E-state index contributed by atoms with van der Waals surface area (Å²) >= 11 is 0. The number of rotatable bonds is 5. The fourth-order valence-electron chi connectivity index (χ4n) is 1.87. The van der Waals surface area contributed by atoms with Gasteiger partial charge in [-0.1, -0.05) is 33.3 Å². The molecule has 0 radical (unpaired) electrons. The molecule has 2 unspecified atom stereocenters. The number of hydrogen-bond acceptors (Lipinski definition) is 2. The van der Waals surface area contributed by atoms with E-state index in [4.69, 9.17) is 5.73 Å². The van der Waals surface area contributed by atoms with Crippen LogP contribution in [0.15, 0.2) is 18.2 Å². The van der Waals surface area contributed by atoms with E-state index in [9.17, 15) is 4.79 Å². The Morgan fingerprint density at radius 3 is 2.53 bits per heavy atom. The number of hydrogen-bond donors (Lipinski definition) is 2. The van der Waals surface area contributed by atoms with Crippen LogP contribution in [0.1, 0.15) is 38.3 Å². The standard InChI is InChI=1S/C15H24N2O.ClH/c1-5-10(3)14(16)15(18)17-13-8-7-11(4)12(6-2)9-13;/h7-10,14H,5-6,16H2,1-4H3,(H,17,18);1H. The van der Waals surface area contributed by atoms with Gasteiger partial charge in [0.1, 0.15) is 0 Å². The summed E-state index contributed by atoms with van der Waals surface area (Å²) in [6, 6.07) is 5.54. The molecule has 3 nitrogen and oxygen atoms in total. The third kappa shape index (κ3) is 4.84. The van der Waals surface area contributed by atoms with Gasteiger partial charge in [-0.3, -0.25) is 4.79 Å². The van der Waals surface area contributed by atoms with Crippen molar-refractivity contribution in [2.45, 2.75) is 46.6 Å². The lowest BCUT2D eigenvalue weighted by Gasteiger charge is -2.18. The molecule has 0 saturated heterocycles. The van der Waals surface area contributed by atoms with E-state index in [-0.39, 0.29) is 24.2 Å². The zero-order valence-electron chi connectivity index (χ0n) is 12.2. The smallest absolute Gasteiger partial charge is 0.241 e. The first-order chi connectivity index (χ1) is 8.49. The molecule has 0 bridgehead atoms. The lowest BCUT2D eigenvalue weighted by Crippen LogP contribution is -2.40. The molecule has 1 rings (SSSR count). The Balaban J connectivity index is 0.00000324. The second kappa shape index (κ2) is 8.18. The Bertz CT molecular complexity index is 421. The average Bonchev–Trinajstić information content (AvgIpc) is 2.38. The number of aryl methyl sites for hydroxylation is 2. The largest absolute Gasteiger partial charge is 0.325 e. The molecule has 4 heteroatoms. The summed E-state index contributed by atoms with van der Waals surface area (Å²) in [6.07, 6.45) is 1.87. The molecule has 0 saturated carbocycles. The lowest BCUT2D eigenvalue weighted by molar-refractivity contribution is -0.118. The van der Waals surface area contributed by atoms with E-state index in [1.54, 1.807) is 0 Å². The fourth-order valence-corrected chi connectivity index (χ4v) is 1.87. The molecule has 1 aromatic rings. The number of nitrogens with one attached hydrogen (secondary N) is 1. The Hall–Kier alpha value is -1.06. The van der Waals surface area contributed by atoms with Crippen LogP contribution < -0.4 is 11.1 Å². The Kier molecular flexibility index (Phi) is 7.72. The predicted octanol–water partition coefficient (Wildman–Crippen LogP) is 3.29. The molecule has 0 heterocycles. The van der Waals surface area contributed by atoms with Gasteiger partial charge in [-0.2, -0.15) is 0 Å². The van der Waals surface area contributed by atoms with E-state index >= 15 is 0 Å². The van der Waals surface area contributed by atoms with Crippen molar-refractivity contribution in [2.24, 2.45) is 11.7 Å². The first-order valence-corrected chi connectivity index (χ1v) is 6.65. The van der Waals surface area contributed by atoms with Gasteiger partial charge in [0.05, 0.1) is 6.04 Å². The predicted molar refractivity (Wildman–Crippen MR) is 83.9 cm³/mol. The minimum atomic E-state index is -0.443. The van der Waals surface area contributed by atoms with Crippen molar-refractivity contribution in [2.75, 3.05) is 5.32 Å². The van der Waals surface area contributed by atoms with Gasteiger partial charge in [0.2, 0.25) is 5.91 Å². The van der Waals surface area contributed by atoms with Gasteiger partial charge in [0.15, 0.2) is 0 Å². The van der Waals surface area contributed by atoms with Crippen LogP contribution >= 0.6 is 12.4 Å². The zero-order valence-corrected chi connectivity index (χ0v) is 13.0. The molecule has 19 heavy (non-hydrogen) atoms. The molecule has 0 aliphatic heterocycles. The van der Waals surface area contributed by atoms with Crippen molar-refractivity contribution in [1.29, 1.82) is 0 Å². The molecule has 0 aliphatic rings. The van der Waals surface area contributed by atoms with Crippen LogP contribution in [0, 0.1) is 12.8 Å². The quantitative estimate of drug-likeness (QED) is 0.872. The maximum Gasteiger partial charge on any atom is 0.241 e. The van der Waals surface area contributed by atoms with Crippen molar-refractivity contribution in [3.8, 4) is 0 Å². The summed E-state index contributed by atoms with van der Waals surface area (Å²) < 4.78 is 0. The highest BCUT2D eigenvalue weighted by molar-refractivity contribution is 5.94. The summed E-state index contributed by atoms with van der Waals surface area (Å²) in [7, 11) is 0. The van der Waals surface area contributed by atoms with Gasteiger partial charge in [-0.05, 0) is 42.5 Å². The van der Waals surface area contributed by atoms with E-state index < -0.39 is 6.04 Å². The normalized spacial score (nSPS) is 13.3. The van der Waals surface area contributed by atoms with E-state index in [1.165, 1.54) is 11.1 Å². The number of nitrogens with two attached hydrogens (primary N) is 1. The van der Waals surface area contributed by atoms with E-state index in [2.05, 4.69) is 19.2 Å². The third-order valence-electron chi connectivity index (χ3n) is 3.56. The Morgan fingerprint density at radius 2 is 2.00 bits per heavy atom. The monoisotopic (exact) mass is 284 g/mol. The van der Waals surface area contributed by atoms with Gasteiger partial charge in [0.25, 0.3) is 0 Å². The second-order valence-corrected chi connectivity index (χ2v) is 4.90. The zero-order chi connectivity index (χ0) is 13.7. The molecule has 1 aromatic carbocycles. The third-order valence-corrected chi connectivity index (χ3v) is 3.56. The molecule has 108 valence electrons. The van der Waals surface area contributed by atoms with Gasteiger partial charge < -0.3 is 11.1 Å². The van der Waals surface area contributed by atoms with Gasteiger partial charge in [-0.15, -0.1) is 12.4 Å². The van der Waals surface area contributed by atoms with Crippen LogP contribution in [0.3, 0.4) is 0 Å². The number of anilines is 1. The topological polar surface area (TPSA) is 55.1 Å². The number of carbonyl (C=O) groups is 1. The number of benzene rings is 1. The molecular formula is C15H25ClN2O. The number of halogens is 1. The summed E-state index contributed by atoms with van der Waals surface area (Å²) in [6.45, 7) is 8.23. The van der Waals surface area contributed by atoms with Crippen LogP contribution in [0.25, 0.3) is 0 Å². The SMILES string of the molecule is CCc1cc(NC(=O)C(N)C(C)CC)ccc1C.Cl. The van der Waals surface area contributed by atoms with Gasteiger partial charge >= 0.3 is 0 Å². The molecule has 2 atom stereocenters. The Morgan fingerprint density at radius 1 is 1.37 bits per heavy atom. The van der Waals surface area contributed by atoms with Crippen molar-refractivity contribution >= 4 is 24.0 Å². The molecular weight excluding hydrogens is 260 g/mol. The van der Waals surface area contributed by atoms with Crippen LogP contribution in [0.2, 0.25) is 0 Å². The first kappa shape index (κ1) is 17.9. The van der Waals surface area contributed by atoms with Crippen molar-refractivity contribution in [3.63, 3.8) is 0 Å². The maximum absolute atomic E-state index is 12.0. The second-order valence-electron chi connectivity index (χ2n) is 4.90. The molecule has 1 amide bonds. The van der Waals surface area contributed by atoms with Crippen molar-refractivity contribution in [1.82, 2.24) is 0 Å². The molecule has 0 aliphatic carbocycles. The maximum atomic E-state index is 12.0. The summed E-state index contributed by atoms with van der Waals surface area (Å²) in [5.41, 5.74) is 9.25. The summed E-state index contributed by atoms with van der Waals surface area (Å²) in [5, 5.41) is 2.89. The number of amides is 1. The van der Waals surface area contributed by atoms with Crippen molar-refractivity contribution < 1.29 is 4.79 Å². The van der Waals surface area contributed by atoms with Crippen LogP contribution in [-0.4, -0.2) is 11.9 Å². The molecule has 0 aromatic heterocycles. The lowest BCUT2D eigenvalue weighted by atomic mass is 9.99. The molecule has 0 fully saturated rings. The summed E-state index contributed by atoms with van der Waals surface area (Å²) in [5.74, 6) is 0.0938. The Labute approximate surface area is 122 Å². The van der Waals surface area contributed by atoms with E-state index in [0.29, 0.717) is 0 Å². The van der Waals surface area contributed by atoms with Crippen LogP contribution in [-0.2, 0) is 11.2 Å². The average molecular weight is 285 g/mol. The van der Waals surface area contributed by atoms with Crippen LogP contribution in [0.4, 0.5) is 5.69 Å². The number of carbonyl (C=O) groups excluding carboxylic acids is 1. The highest BCUT2D eigenvalue weighted by Gasteiger charge is 2.19. The summed E-state index contributed by atoms with van der Waals surface area (Å²) in [4.78, 5) is 12.0. The first-order valence-electron chi connectivity index (χ1n) is 6.65. The van der Waals surface area contributed by atoms with Gasteiger partial charge in [0, 0.05) is 5.69 Å². The van der Waals surface area contributed by atoms with E-state index in [0.717, 1.165) is 18.5 Å². The highest BCUT2D eigenvalue weighted by atomic mass is 35.5. The minimum absolute atomic E-state index is 0. The van der Waals surface area contributed by atoms with Crippen LogP contribution in [0.5, 0.6) is 0 Å². The van der Waals surface area contributed by atoms with E-state index in [1.807, 2.05) is 32.0 Å². The van der Waals surface area contributed by atoms with Crippen molar-refractivity contribution in [3.05, 3.63) is 29.3 Å². The van der Waals surface area contributed by atoms with Gasteiger partial charge in [-0.25, -0.2) is 0 Å². The highest BCUT2D eigenvalue weighted by Crippen LogP contribution is 2.16.